The van der Waals surface area contributed by atoms with Gasteiger partial charge in [-0.3, -0.25) is 0 Å². The molecule has 0 aromatic carbocycles. The van der Waals surface area contributed by atoms with Crippen molar-refractivity contribution in [3.63, 3.8) is 0 Å². The van der Waals surface area contributed by atoms with E-state index in [4.69, 9.17) is 0 Å². The van der Waals surface area contributed by atoms with Crippen LogP contribution in [0.25, 0.3) is 0 Å². The van der Waals surface area contributed by atoms with Crippen LogP contribution in [0.2, 0.25) is 0 Å². The van der Waals surface area contributed by atoms with Gasteiger partial charge in [0.05, 0.1) is 20.8 Å². The first-order valence-electron chi connectivity index (χ1n) is 3.78. The van der Waals surface area contributed by atoms with Crippen molar-refractivity contribution in [3.8, 4) is 0 Å². The van der Waals surface area contributed by atoms with Crippen LogP contribution in [0.4, 0.5) is 8.78 Å². The fourth-order valence-electron chi connectivity index (χ4n) is 0.832. The average molecular weight is 183 g/mol. The maximum Gasteiger partial charge on any atom is 0.260 e. The van der Waals surface area contributed by atoms with Crippen molar-refractivity contribution in [1.29, 1.82) is 0 Å². The Hall–Kier alpha value is -0.260. The maximum atomic E-state index is 12.1. The van der Waals surface area contributed by atoms with Crippen molar-refractivity contribution >= 4 is 0 Å². The normalized spacial score (nSPS) is 21.0. The molecule has 1 fully saturated rings. The Balaban J connectivity index is 0.000000261. The maximum absolute atomic E-state index is 12.1. The third kappa shape index (κ3) is 6.45. The molecule has 1 saturated heterocycles. The molecule has 1 N–H and O–H groups in total. The molecule has 74 valence electrons. The highest BCUT2D eigenvalue weighted by Crippen LogP contribution is 2.21. The van der Waals surface area contributed by atoms with Gasteiger partial charge in [0, 0.05) is 6.42 Å². The Labute approximate surface area is 71.0 Å². The van der Waals surface area contributed by atoms with Crippen molar-refractivity contribution in [2.45, 2.75) is 18.8 Å². The minimum Gasteiger partial charge on any atom is -0.311 e. The zero-order valence-corrected chi connectivity index (χ0v) is 7.40. The summed E-state index contributed by atoms with van der Waals surface area (Å²) in [4.78, 5) is 8.08. The molecule has 0 amide bonds. The summed E-state index contributed by atoms with van der Waals surface area (Å²) in [7, 11) is 2.92. The molecular weight excluding hydrogens is 168 g/mol. The fourth-order valence-corrected chi connectivity index (χ4v) is 0.832. The van der Waals surface area contributed by atoms with Gasteiger partial charge >= 0.3 is 0 Å². The van der Waals surface area contributed by atoms with Gasteiger partial charge in [0.1, 0.15) is 0 Å². The predicted molar refractivity (Wildman–Crippen MR) is 41.1 cm³/mol. The molecule has 0 aliphatic carbocycles. The number of piperidine rings is 1. The molecule has 0 bridgehead atoms. The molecule has 0 aromatic heterocycles. The minimum atomic E-state index is -2.43. The van der Waals surface area contributed by atoms with Gasteiger partial charge in [0.15, 0.2) is 0 Å². The monoisotopic (exact) mass is 183 g/mol. The molecule has 1 rings (SSSR count). The lowest BCUT2D eigenvalue weighted by molar-refractivity contribution is -0.248. The van der Waals surface area contributed by atoms with Gasteiger partial charge in [-0.1, -0.05) is 0 Å². The summed E-state index contributed by atoms with van der Waals surface area (Å²) in [5.74, 6) is -2.43. The summed E-state index contributed by atoms with van der Waals surface area (Å²) < 4.78 is 24.3. The topological polar surface area (TPSA) is 30.5 Å². The Morgan fingerprint density at radius 2 is 1.83 bits per heavy atom. The summed E-state index contributed by atoms with van der Waals surface area (Å²) in [5.41, 5.74) is 0. The van der Waals surface area contributed by atoms with E-state index in [1.54, 1.807) is 0 Å². The van der Waals surface area contributed by atoms with Crippen LogP contribution >= 0.6 is 0 Å². The third-order valence-electron chi connectivity index (χ3n) is 1.45. The predicted octanol–water partition coefficient (Wildman–Crippen LogP) is 1.20. The van der Waals surface area contributed by atoms with Gasteiger partial charge in [-0.05, 0) is 13.0 Å². The molecule has 3 nitrogen and oxygen atoms in total. The highest BCUT2D eigenvalue weighted by Gasteiger charge is 2.30. The largest absolute Gasteiger partial charge is 0.311 e. The number of hydrogen-bond acceptors (Lipinski definition) is 3. The SMILES string of the molecule is COOC.FC1(F)CCCNC1. The smallest absolute Gasteiger partial charge is 0.260 e. The van der Waals surface area contributed by atoms with Crippen LogP contribution in [0.1, 0.15) is 12.8 Å². The highest BCUT2D eigenvalue weighted by atomic mass is 19.3. The van der Waals surface area contributed by atoms with Crippen molar-refractivity contribution in [1.82, 2.24) is 5.32 Å². The number of halogens is 2. The molecule has 0 atom stereocenters. The lowest BCUT2D eigenvalue weighted by atomic mass is 10.1. The fraction of sp³-hybridized carbons (Fsp3) is 1.00. The highest BCUT2D eigenvalue weighted by molar-refractivity contribution is 4.74. The molecule has 1 aliphatic heterocycles. The summed E-state index contributed by atoms with van der Waals surface area (Å²) in [6, 6.07) is 0. The van der Waals surface area contributed by atoms with Crippen molar-refractivity contribution in [2.75, 3.05) is 27.3 Å². The summed E-state index contributed by atoms with van der Waals surface area (Å²) in [6.07, 6.45) is 0.660. The first-order chi connectivity index (χ1) is 5.62. The number of rotatable bonds is 1. The average Bonchev–Trinajstić information content (AvgIpc) is 2.05. The van der Waals surface area contributed by atoms with E-state index in [2.05, 4.69) is 15.1 Å². The van der Waals surface area contributed by atoms with Crippen molar-refractivity contribution < 1.29 is 18.6 Å². The first-order valence-corrected chi connectivity index (χ1v) is 3.78. The van der Waals surface area contributed by atoms with E-state index >= 15 is 0 Å². The second-order valence-electron chi connectivity index (χ2n) is 2.47. The molecular formula is C7H15F2NO2. The van der Waals surface area contributed by atoms with E-state index in [9.17, 15) is 8.78 Å². The molecule has 0 aromatic rings. The van der Waals surface area contributed by atoms with Crippen LogP contribution in [-0.4, -0.2) is 33.2 Å². The first kappa shape index (κ1) is 11.7. The van der Waals surface area contributed by atoms with E-state index < -0.39 is 5.92 Å². The van der Waals surface area contributed by atoms with Crippen LogP contribution in [0.5, 0.6) is 0 Å². The van der Waals surface area contributed by atoms with Crippen LogP contribution < -0.4 is 5.32 Å². The third-order valence-corrected chi connectivity index (χ3v) is 1.45. The Kier molecular flexibility index (Phi) is 6.14. The Morgan fingerprint density at radius 1 is 1.25 bits per heavy atom. The van der Waals surface area contributed by atoms with Crippen LogP contribution in [0.3, 0.4) is 0 Å². The van der Waals surface area contributed by atoms with E-state index in [0.29, 0.717) is 6.42 Å². The molecule has 0 spiro atoms. The Bertz CT molecular complexity index is 102. The number of alkyl halides is 2. The van der Waals surface area contributed by atoms with Crippen molar-refractivity contribution in [3.05, 3.63) is 0 Å². The van der Waals surface area contributed by atoms with Gasteiger partial charge in [-0.2, -0.15) is 0 Å². The summed E-state index contributed by atoms with van der Waals surface area (Å²) in [6.45, 7) is 0.614. The van der Waals surface area contributed by atoms with E-state index in [0.717, 1.165) is 6.54 Å². The molecule has 1 heterocycles. The van der Waals surface area contributed by atoms with E-state index in [1.807, 2.05) is 0 Å². The lowest BCUT2D eigenvalue weighted by Gasteiger charge is -2.21. The zero-order chi connectivity index (χ0) is 9.45. The second-order valence-corrected chi connectivity index (χ2v) is 2.47. The van der Waals surface area contributed by atoms with Gasteiger partial charge in [0.2, 0.25) is 0 Å². The molecule has 0 unspecified atom stereocenters. The van der Waals surface area contributed by atoms with Crippen LogP contribution in [0.15, 0.2) is 0 Å². The molecule has 12 heavy (non-hydrogen) atoms. The van der Waals surface area contributed by atoms with Crippen LogP contribution in [-0.2, 0) is 9.78 Å². The summed E-state index contributed by atoms with van der Waals surface area (Å²) in [5, 5.41) is 2.62. The van der Waals surface area contributed by atoms with Gasteiger partial charge in [-0.15, -0.1) is 0 Å². The molecule has 0 radical (unpaired) electrons. The van der Waals surface area contributed by atoms with Gasteiger partial charge in [-0.25, -0.2) is 18.6 Å². The summed E-state index contributed by atoms with van der Waals surface area (Å²) >= 11 is 0. The molecule has 0 saturated carbocycles. The number of nitrogens with one attached hydrogen (secondary N) is 1. The van der Waals surface area contributed by atoms with E-state index in [-0.39, 0.29) is 13.0 Å². The van der Waals surface area contributed by atoms with Gasteiger partial charge < -0.3 is 5.32 Å². The second kappa shape index (κ2) is 6.28. The van der Waals surface area contributed by atoms with E-state index in [1.165, 1.54) is 14.2 Å². The number of hydrogen-bond donors (Lipinski definition) is 1. The Morgan fingerprint density at radius 3 is 2.00 bits per heavy atom. The quantitative estimate of drug-likeness (QED) is 0.489. The molecule has 1 aliphatic rings. The minimum absolute atomic E-state index is 0.0556. The van der Waals surface area contributed by atoms with Crippen molar-refractivity contribution in [2.24, 2.45) is 0 Å². The molecule has 5 heteroatoms. The van der Waals surface area contributed by atoms with Crippen LogP contribution in [0, 0.1) is 0 Å². The zero-order valence-electron chi connectivity index (χ0n) is 7.40. The van der Waals surface area contributed by atoms with Gasteiger partial charge in [0.25, 0.3) is 5.92 Å². The standard InChI is InChI=1S/C5H9F2N.C2H6O2/c6-5(7)2-1-3-8-4-5;1-3-4-2/h8H,1-4H2;1-2H3. The lowest BCUT2D eigenvalue weighted by Crippen LogP contribution is -2.38.